The first-order valence-electron chi connectivity index (χ1n) is 7.33. The topological polar surface area (TPSA) is 49.4 Å². The molecule has 1 rings (SSSR count). The Morgan fingerprint density at radius 1 is 1.33 bits per heavy atom. The largest absolute Gasteiger partial charge is 0.313 e. The second kappa shape index (κ2) is 8.97. The van der Waals surface area contributed by atoms with Crippen molar-refractivity contribution in [1.82, 2.24) is 9.62 Å². The van der Waals surface area contributed by atoms with Crippen LogP contribution in [0.4, 0.5) is 0 Å². The van der Waals surface area contributed by atoms with Crippen molar-refractivity contribution in [2.24, 2.45) is 0 Å². The van der Waals surface area contributed by atoms with E-state index in [0.29, 0.717) is 6.54 Å². The summed E-state index contributed by atoms with van der Waals surface area (Å²) in [7, 11) is -1.61. The van der Waals surface area contributed by atoms with E-state index in [-0.39, 0.29) is 5.75 Å². The highest BCUT2D eigenvalue weighted by Crippen LogP contribution is 2.12. The summed E-state index contributed by atoms with van der Waals surface area (Å²) >= 11 is 0. The van der Waals surface area contributed by atoms with Gasteiger partial charge in [-0.3, -0.25) is 0 Å². The van der Waals surface area contributed by atoms with Crippen molar-refractivity contribution in [3.8, 4) is 0 Å². The first-order valence-corrected chi connectivity index (χ1v) is 8.94. The fourth-order valence-electron chi connectivity index (χ4n) is 2.02. The van der Waals surface area contributed by atoms with Crippen molar-refractivity contribution < 1.29 is 8.42 Å². The number of nitrogens with zero attached hydrogens (tertiary/aromatic N) is 1. The molecule has 1 aromatic carbocycles. The van der Waals surface area contributed by atoms with Gasteiger partial charge in [-0.2, -0.15) is 0 Å². The zero-order valence-corrected chi connectivity index (χ0v) is 13.8. The SMILES string of the molecule is C=CCCCN(C)S(=O)(=O)Cc1cccc(CNCC)c1. The van der Waals surface area contributed by atoms with Crippen molar-refractivity contribution in [3.05, 3.63) is 48.0 Å². The van der Waals surface area contributed by atoms with Crippen LogP contribution in [0.2, 0.25) is 0 Å². The maximum absolute atomic E-state index is 12.3. The molecule has 0 aromatic heterocycles. The highest BCUT2D eigenvalue weighted by atomic mass is 32.2. The van der Waals surface area contributed by atoms with Gasteiger partial charge >= 0.3 is 0 Å². The summed E-state index contributed by atoms with van der Waals surface area (Å²) in [5.74, 6) is 0.0531. The Labute approximate surface area is 128 Å². The van der Waals surface area contributed by atoms with Gasteiger partial charge in [-0.25, -0.2) is 12.7 Å². The Hall–Kier alpha value is -1.17. The number of benzene rings is 1. The number of rotatable bonds is 10. The quantitative estimate of drug-likeness (QED) is 0.534. The summed E-state index contributed by atoms with van der Waals surface area (Å²) in [4.78, 5) is 0. The minimum absolute atomic E-state index is 0.0531. The van der Waals surface area contributed by atoms with E-state index in [1.54, 1.807) is 7.05 Å². The number of sulfonamides is 1. The molecule has 0 amide bonds. The molecule has 0 radical (unpaired) electrons. The molecule has 5 heteroatoms. The van der Waals surface area contributed by atoms with Crippen molar-refractivity contribution in [2.75, 3.05) is 20.1 Å². The Morgan fingerprint density at radius 3 is 2.71 bits per heavy atom. The molecule has 0 fully saturated rings. The van der Waals surface area contributed by atoms with E-state index in [1.165, 1.54) is 4.31 Å². The van der Waals surface area contributed by atoms with Gasteiger partial charge in [-0.1, -0.05) is 37.3 Å². The molecule has 0 heterocycles. The van der Waals surface area contributed by atoms with Crippen LogP contribution in [0.1, 0.15) is 30.9 Å². The van der Waals surface area contributed by atoms with E-state index in [1.807, 2.05) is 37.3 Å². The highest BCUT2D eigenvalue weighted by molar-refractivity contribution is 7.88. The predicted molar refractivity (Wildman–Crippen MR) is 88.5 cm³/mol. The lowest BCUT2D eigenvalue weighted by Gasteiger charge is -2.17. The Morgan fingerprint density at radius 2 is 2.05 bits per heavy atom. The molecule has 0 saturated carbocycles. The van der Waals surface area contributed by atoms with Crippen molar-refractivity contribution in [3.63, 3.8) is 0 Å². The van der Waals surface area contributed by atoms with Gasteiger partial charge in [0.1, 0.15) is 0 Å². The smallest absolute Gasteiger partial charge is 0.218 e. The maximum atomic E-state index is 12.3. The normalized spacial score (nSPS) is 11.8. The molecule has 0 saturated heterocycles. The van der Waals surface area contributed by atoms with Crippen LogP contribution in [0.15, 0.2) is 36.9 Å². The molecule has 0 spiro atoms. The highest BCUT2D eigenvalue weighted by Gasteiger charge is 2.17. The number of unbranched alkanes of at least 4 members (excludes halogenated alkanes) is 1. The lowest BCUT2D eigenvalue weighted by Crippen LogP contribution is -2.29. The van der Waals surface area contributed by atoms with Gasteiger partial charge in [0, 0.05) is 20.1 Å². The number of allylic oxidation sites excluding steroid dienone is 1. The first-order chi connectivity index (χ1) is 9.99. The molecule has 118 valence electrons. The van der Waals surface area contributed by atoms with Crippen LogP contribution in [-0.2, 0) is 22.3 Å². The standard InChI is InChI=1S/C16H26N2O2S/c1-4-6-7-11-18(3)21(19,20)14-16-10-8-9-15(12-16)13-17-5-2/h4,8-10,12,17H,1,5-7,11,13-14H2,2-3H3. The molecule has 1 N–H and O–H groups in total. The molecule has 0 atom stereocenters. The van der Waals surface area contributed by atoms with Crippen molar-refractivity contribution >= 4 is 10.0 Å². The fraction of sp³-hybridized carbons (Fsp3) is 0.500. The molecular weight excluding hydrogens is 284 g/mol. The number of hydrogen-bond acceptors (Lipinski definition) is 3. The summed E-state index contributed by atoms with van der Waals surface area (Å²) in [5, 5.41) is 3.24. The lowest BCUT2D eigenvalue weighted by atomic mass is 10.1. The zero-order valence-electron chi connectivity index (χ0n) is 13.0. The van der Waals surface area contributed by atoms with Gasteiger partial charge in [-0.05, 0) is 30.5 Å². The Bertz CT molecular complexity index is 541. The van der Waals surface area contributed by atoms with Gasteiger partial charge in [0.2, 0.25) is 10.0 Å². The van der Waals surface area contributed by atoms with Crippen LogP contribution >= 0.6 is 0 Å². The monoisotopic (exact) mass is 310 g/mol. The minimum atomic E-state index is -3.25. The van der Waals surface area contributed by atoms with Gasteiger partial charge in [0.15, 0.2) is 0 Å². The third-order valence-electron chi connectivity index (χ3n) is 3.28. The molecule has 0 unspecified atom stereocenters. The predicted octanol–water partition coefficient (Wildman–Crippen LogP) is 2.52. The van der Waals surface area contributed by atoms with Gasteiger partial charge in [0.25, 0.3) is 0 Å². The molecule has 0 bridgehead atoms. The number of hydrogen-bond donors (Lipinski definition) is 1. The van der Waals surface area contributed by atoms with Crippen LogP contribution in [0, 0.1) is 0 Å². The van der Waals surface area contributed by atoms with E-state index >= 15 is 0 Å². The number of nitrogens with one attached hydrogen (secondary N) is 1. The van der Waals surface area contributed by atoms with E-state index in [9.17, 15) is 8.42 Å². The van der Waals surface area contributed by atoms with Crippen LogP contribution < -0.4 is 5.32 Å². The molecule has 0 aliphatic rings. The molecule has 0 aliphatic heterocycles. The second-order valence-corrected chi connectivity index (χ2v) is 7.18. The zero-order chi connectivity index (χ0) is 15.7. The molecule has 0 aliphatic carbocycles. The van der Waals surface area contributed by atoms with Crippen LogP contribution in [-0.4, -0.2) is 32.9 Å². The van der Waals surface area contributed by atoms with Crippen LogP contribution in [0.5, 0.6) is 0 Å². The van der Waals surface area contributed by atoms with E-state index in [2.05, 4.69) is 11.9 Å². The summed E-state index contributed by atoms with van der Waals surface area (Å²) in [5.41, 5.74) is 1.94. The third kappa shape index (κ3) is 6.42. The molecule has 1 aromatic rings. The fourth-order valence-corrected chi connectivity index (χ4v) is 3.25. The van der Waals surface area contributed by atoms with E-state index < -0.39 is 10.0 Å². The molecular formula is C16H26N2O2S. The summed E-state index contributed by atoms with van der Waals surface area (Å²) in [6, 6.07) is 7.74. The van der Waals surface area contributed by atoms with E-state index in [4.69, 9.17) is 0 Å². The average molecular weight is 310 g/mol. The average Bonchev–Trinajstić information content (AvgIpc) is 2.45. The molecule has 4 nitrogen and oxygen atoms in total. The minimum Gasteiger partial charge on any atom is -0.313 e. The molecule has 21 heavy (non-hydrogen) atoms. The van der Waals surface area contributed by atoms with Crippen LogP contribution in [0.25, 0.3) is 0 Å². The van der Waals surface area contributed by atoms with Gasteiger partial charge in [0.05, 0.1) is 5.75 Å². The third-order valence-corrected chi connectivity index (χ3v) is 5.11. The van der Waals surface area contributed by atoms with Gasteiger partial charge in [-0.15, -0.1) is 6.58 Å². The van der Waals surface area contributed by atoms with Crippen LogP contribution in [0.3, 0.4) is 0 Å². The summed E-state index contributed by atoms with van der Waals surface area (Å²) in [6.45, 7) is 7.89. The van der Waals surface area contributed by atoms with Gasteiger partial charge < -0.3 is 5.32 Å². The maximum Gasteiger partial charge on any atom is 0.218 e. The summed E-state index contributed by atoms with van der Waals surface area (Å²) in [6.07, 6.45) is 3.45. The first kappa shape index (κ1) is 17.9. The van der Waals surface area contributed by atoms with Crippen molar-refractivity contribution in [1.29, 1.82) is 0 Å². The summed E-state index contributed by atoms with van der Waals surface area (Å²) < 4.78 is 26.0. The Kier molecular flexibility index (Phi) is 7.64. The second-order valence-electron chi connectivity index (χ2n) is 5.11. The lowest BCUT2D eigenvalue weighted by molar-refractivity contribution is 0.462. The Balaban J connectivity index is 2.67. The van der Waals surface area contributed by atoms with E-state index in [0.717, 1.165) is 37.1 Å². The van der Waals surface area contributed by atoms with Crippen molar-refractivity contribution in [2.45, 2.75) is 32.1 Å².